The maximum atomic E-state index is 13.2. The third-order valence-corrected chi connectivity index (χ3v) is 5.42. The Morgan fingerprint density at radius 3 is 2.74 bits per heavy atom. The zero-order chi connectivity index (χ0) is 22.1. The predicted molar refractivity (Wildman–Crippen MR) is 122 cm³/mol. The summed E-state index contributed by atoms with van der Waals surface area (Å²) < 4.78 is 5.95. The van der Waals surface area contributed by atoms with Crippen LogP contribution in [0.5, 0.6) is 5.75 Å². The Kier molecular flexibility index (Phi) is 8.27. The van der Waals surface area contributed by atoms with E-state index in [2.05, 4.69) is 15.6 Å². The van der Waals surface area contributed by atoms with Crippen LogP contribution in [0.2, 0.25) is 0 Å². The Bertz CT molecular complexity index is 883. The Hall–Kier alpha value is -3.09. The molecule has 1 aromatic heterocycles. The molecule has 0 unspecified atom stereocenters. The largest absolute Gasteiger partial charge is 0.491 e. The lowest BCUT2D eigenvalue weighted by molar-refractivity contribution is -0.122. The van der Waals surface area contributed by atoms with E-state index in [4.69, 9.17) is 4.74 Å². The first-order valence-electron chi connectivity index (χ1n) is 11.1. The van der Waals surface area contributed by atoms with Crippen LogP contribution < -0.4 is 15.4 Å². The molecule has 1 aliphatic rings. The van der Waals surface area contributed by atoms with Gasteiger partial charge in [-0.05, 0) is 56.4 Å². The first-order valence-corrected chi connectivity index (χ1v) is 11.1. The lowest BCUT2D eigenvalue weighted by atomic mass is 10.1. The molecule has 1 aromatic carbocycles. The van der Waals surface area contributed by atoms with Crippen molar-refractivity contribution in [2.45, 2.75) is 52.0 Å². The van der Waals surface area contributed by atoms with Gasteiger partial charge in [0.2, 0.25) is 5.91 Å². The van der Waals surface area contributed by atoms with Crippen molar-refractivity contribution < 1.29 is 14.3 Å². The van der Waals surface area contributed by atoms with E-state index in [0.29, 0.717) is 24.7 Å². The van der Waals surface area contributed by atoms with Gasteiger partial charge in [-0.3, -0.25) is 9.59 Å². The van der Waals surface area contributed by atoms with Crippen molar-refractivity contribution in [3.05, 3.63) is 48.2 Å². The average molecular weight is 425 g/mol. The van der Waals surface area contributed by atoms with E-state index < -0.39 is 0 Å². The van der Waals surface area contributed by atoms with Gasteiger partial charge in [0.15, 0.2) is 0 Å². The van der Waals surface area contributed by atoms with Gasteiger partial charge in [-0.25, -0.2) is 4.98 Å². The number of carbonyl (C=O) groups excluding carboxylic acids is 2. The molecule has 3 rings (SSSR count). The minimum atomic E-state index is -0.232. The molecular formula is C24H32N4O3. The standard InChI is InChI=1S/C24H32N4O3/c1-3-18(4-2)25-23(29)17-28-15-8-5-9-16-31-21-13-7-6-11-19(21)26-22-14-10-12-20(27-22)24(28)30/h6-7,10-14,18H,3-5,8-9,15-17H2,1-2H3,(H,25,29)(H,26,27). The molecule has 1 aliphatic heterocycles. The number of hydrogen-bond acceptors (Lipinski definition) is 5. The van der Waals surface area contributed by atoms with Gasteiger partial charge in [0.05, 0.1) is 18.8 Å². The maximum absolute atomic E-state index is 13.2. The second-order valence-corrected chi connectivity index (χ2v) is 7.75. The summed E-state index contributed by atoms with van der Waals surface area (Å²) in [5.41, 5.74) is 1.12. The molecule has 0 spiro atoms. The number of para-hydroxylation sites is 2. The van der Waals surface area contributed by atoms with E-state index in [1.54, 1.807) is 17.0 Å². The molecule has 2 bridgehead atoms. The number of nitrogens with zero attached hydrogens (tertiary/aromatic N) is 2. The summed E-state index contributed by atoms with van der Waals surface area (Å²) in [6.45, 7) is 5.22. The van der Waals surface area contributed by atoms with E-state index >= 15 is 0 Å². The van der Waals surface area contributed by atoms with Gasteiger partial charge < -0.3 is 20.3 Å². The van der Waals surface area contributed by atoms with E-state index in [0.717, 1.165) is 43.5 Å². The SMILES string of the molecule is CCC(CC)NC(=O)CN1CCCCCOc2ccccc2Nc2cccc(n2)C1=O. The fraction of sp³-hybridized carbons (Fsp3) is 0.458. The van der Waals surface area contributed by atoms with E-state index in [1.165, 1.54) is 0 Å². The van der Waals surface area contributed by atoms with Crippen LogP contribution >= 0.6 is 0 Å². The van der Waals surface area contributed by atoms with Crippen LogP contribution in [0, 0.1) is 0 Å². The van der Waals surface area contributed by atoms with Gasteiger partial charge in [0.1, 0.15) is 17.3 Å². The number of hydrogen-bond donors (Lipinski definition) is 2. The van der Waals surface area contributed by atoms with Crippen LogP contribution in [0.15, 0.2) is 42.5 Å². The minimum absolute atomic E-state index is 0.0357. The predicted octanol–water partition coefficient (Wildman–Crippen LogP) is 4.13. The number of fused-ring (bicyclic) bond motifs is 3. The van der Waals surface area contributed by atoms with Gasteiger partial charge in [0.25, 0.3) is 5.91 Å². The van der Waals surface area contributed by atoms with Crippen molar-refractivity contribution >= 4 is 23.3 Å². The quantitative estimate of drug-likeness (QED) is 0.754. The van der Waals surface area contributed by atoms with Crippen molar-refractivity contribution in [3.63, 3.8) is 0 Å². The molecule has 2 heterocycles. The van der Waals surface area contributed by atoms with Crippen LogP contribution in [-0.4, -0.2) is 47.4 Å². The third kappa shape index (κ3) is 6.44. The number of amides is 2. The molecule has 0 fully saturated rings. The van der Waals surface area contributed by atoms with E-state index in [9.17, 15) is 9.59 Å². The molecule has 0 radical (unpaired) electrons. The fourth-order valence-corrected chi connectivity index (χ4v) is 3.57. The van der Waals surface area contributed by atoms with Crippen molar-refractivity contribution in [1.29, 1.82) is 0 Å². The summed E-state index contributed by atoms with van der Waals surface area (Å²) in [5.74, 6) is 0.956. The van der Waals surface area contributed by atoms with E-state index in [-0.39, 0.29) is 24.4 Å². The summed E-state index contributed by atoms with van der Waals surface area (Å²) in [6, 6.07) is 13.1. The second kappa shape index (κ2) is 11.3. The highest BCUT2D eigenvalue weighted by Gasteiger charge is 2.21. The molecule has 0 saturated heterocycles. The molecule has 31 heavy (non-hydrogen) atoms. The Morgan fingerprint density at radius 2 is 1.94 bits per heavy atom. The average Bonchev–Trinajstić information content (AvgIpc) is 2.79. The highest BCUT2D eigenvalue weighted by Crippen LogP contribution is 2.27. The monoisotopic (exact) mass is 424 g/mol. The van der Waals surface area contributed by atoms with Crippen molar-refractivity contribution in [1.82, 2.24) is 15.2 Å². The Morgan fingerprint density at radius 1 is 1.13 bits per heavy atom. The second-order valence-electron chi connectivity index (χ2n) is 7.75. The molecule has 0 atom stereocenters. The van der Waals surface area contributed by atoms with Gasteiger partial charge >= 0.3 is 0 Å². The molecule has 166 valence electrons. The summed E-state index contributed by atoms with van der Waals surface area (Å²) in [6.07, 6.45) is 4.31. The molecule has 7 heteroatoms. The number of pyridine rings is 1. The lowest BCUT2D eigenvalue weighted by Gasteiger charge is -2.24. The van der Waals surface area contributed by atoms with Crippen LogP contribution in [0.4, 0.5) is 11.5 Å². The molecular weight excluding hydrogens is 392 g/mol. The highest BCUT2D eigenvalue weighted by atomic mass is 16.5. The summed E-state index contributed by atoms with van der Waals surface area (Å²) in [5, 5.41) is 6.27. The third-order valence-electron chi connectivity index (χ3n) is 5.42. The van der Waals surface area contributed by atoms with Crippen LogP contribution in [0.3, 0.4) is 0 Å². The van der Waals surface area contributed by atoms with Crippen LogP contribution in [0.25, 0.3) is 0 Å². The minimum Gasteiger partial charge on any atom is -0.491 e. The fourth-order valence-electron chi connectivity index (χ4n) is 3.57. The summed E-state index contributed by atoms with van der Waals surface area (Å²) >= 11 is 0. The zero-order valence-corrected chi connectivity index (χ0v) is 18.4. The number of anilines is 2. The molecule has 2 amide bonds. The number of nitrogens with one attached hydrogen (secondary N) is 2. The number of rotatable bonds is 5. The molecule has 2 N–H and O–H groups in total. The van der Waals surface area contributed by atoms with Crippen molar-refractivity contribution in [3.8, 4) is 5.75 Å². The molecule has 0 aliphatic carbocycles. The van der Waals surface area contributed by atoms with Crippen molar-refractivity contribution in [2.75, 3.05) is 25.0 Å². The topological polar surface area (TPSA) is 83.6 Å². The van der Waals surface area contributed by atoms with Gasteiger partial charge in [-0.2, -0.15) is 0 Å². The lowest BCUT2D eigenvalue weighted by Crippen LogP contribution is -2.44. The number of ether oxygens (including phenoxy) is 1. The Labute approximate surface area is 184 Å². The zero-order valence-electron chi connectivity index (χ0n) is 18.4. The highest BCUT2D eigenvalue weighted by molar-refractivity contribution is 5.95. The van der Waals surface area contributed by atoms with Crippen LogP contribution in [0.1, 0.15) is 56.4 Å². The normalized spacial score (nSPS) is 14.8. The van der Waals surface area contributed by atoms with Gasteiger partial charge in [-0.1, -0.05) is 32.0 Å². The van der Waals surface area contributed by atoms with Gasteiger partial charge in [-0.15, -0.1) is 0 Å². The maximum Gasteiger partial charge on any atom is 0.273 e. The first kappa shape index (κ1) is 22.6. The molecule has 0 saturated carbocycles. The number of carbonyl (C=O) groups is 2. The molecule has 2 aromatic rings. The van der Waals surface area contributed by atoms with E-state index in [1.807, 2.05) is 44.2 Å². The van der Waals surface area contributed by atoms with Crippen molar-refractivity contribution in [2.24, 2.45) is 0 Å². The Balaban J connectivity index is 1.82. The smallest absolute Gasteiger partial charge is 0.273 e. The molecule has 7 nitrogen and oxygen atoms in total. The number of benzene rings is 1. The summed E-state index contributed by atoms with van der Waals surface area (Å²) in [7, 11) is 0. The summed E-state index contributed by atoms with van der Waals surface area (Å²) in [4.78, 5) is 31.9. The first-order chi connectivity index (χ1) is 15.1. The van der Waals surface area contributed by atoms with Crippen LogP contribution in [-0.2, 0) is 4.79 Å². The van der Waals surface area contributed by atoms with Gasteiger partial charge in [0, 0.05) is 12.6 Å². The number of aromatic nitrogens is 1.